The second-order valence-electron chi connectivity index (χ2n) is 8.23. The van der Waals surface area contributed by atoms with Crippen LogP contribution in [-0.2, 0) is 24.2 Å². The molecule has 3 heterocycles. The van der Waals surface area contributed by atoms with Crippen molar-refractivity contribution >= 4 is 5.91 Å². The van der Waals surface area contributed by atoms with Crippen LogP contribution in [0.3, 0.4) is 0 Å². The Hall–Kier alpha value is -3.06. The molecule has 0 saturated heterocycles. The van der Waals surface area contributed by atoms with Crippen molar-refractivity contribution < 1.29 is 9.18 Å². The molecule has 2 aromatic heterocycles. The second-order valence-corrected chi connectivity index (χ2v) is 8.23. The number of hydrogen-bond acceptors (Lipinski definition) is 4. The molecule has 1 N–H and O–H groups in total. The average molecular weight is 422 g/mol. The van der Waals surface area contributed by atoms with Gasteiger partial charge in [-0.3, -0.25) is 14.7 Å². The van der Waals surface area contributed by atoms with Crippen molar-refractivity contribution in [1.29, 1.82) is 0 Å². The molecule has 31 heavy (non-hydrogen) atoms. The van der Waals surface area contributed by atoms with Crippen LogP contribution >= 0.6 is 0 Å². The topological polar surface area (TPSA) is 63.1 Å². The number of halogens is 1. The number of hydrogen-bond donors (Lipinski definition) is 1. The van der Waals surface area contributed by atoms with E-state index < -0.39 is 6.04 Å². The Kier molecular flexibility index (Phi) is 6.42. The molecule has 1 aromatic carbocycles. The maximum atomic E-state index is 13.4. The van der Waals surface area contributed by atoms with Gasteiger partial charge in [-0.2, -0.15) is 0 Å². The molecule has 162 valence electrons. The molecular weight excluding hydrogens is 393 g/mol. The molecule has 0 aliphatic carbocycles. The van der Waals surface area contributed by atoms with Crippen molar-refractivity contribution in [3.05, 3.63) is 83.5 Å². The van der Waals surface area contributed by atoms with E-state index in [1.807, 2.05) is 30.7 Å². The summed E-state index contributed by atoms with van der Waals surface area (Å²) in [6.07, 6.45) is 6.82. The van der Waals surface area contributed by atoms with Gasteiger partial charge in [-0.1, -0.05) is 18.2 Å². The summed E-state index contributed by atoms with van der Waals surface area (Å²) >= 11 is 0. The van der Waals surface area contributed by atoms with Crippen LogP contribution in [0.4, 0.5) is 4.39 Å². The van der Waals surface area contributed by atoms with Gasteiger partial charge in [-0.25, -0.2) is 9.37 Å². The molecule has 1 amide bonds. The molecule has 3 aromatic rings. The minimum Gasteiger partial charge on any atom is -0.354 e. The predicted molar refractivity (Wildman–Crippen MR) is 117 cm³/mol. The van der Waals surface area contributed by atoms with Crippen LogP contribution in [0.5, 0.6) is 0 Å². The maximum Gasteiger partial charge on any atom is 0.243 e. The smallest absolute Gasteiger partial charge is 0.243 e. The number of nitrogens with one attached hydrogen (secondary N) is 1. The van der Waals surface area contributed by atoms with Crippen molar-refractivity contribution in [2.24, 2.45) is 0 Å². The molecule has 1 aliphatic rings. The zero-order valence-corrected chi connectivity index (χ0v) is 18.0. The van der Waals surface area contributed by atoms with E-state index in [1.165, 1.54) is 12.1 Å². The number of aromatic nitrogens is 3. The molecule has 1 atom stereocenters. The summed E-state index contributed by atoms with van der Waals surface area (Å²) in [5.74, 6) is -0.312. The third-order valence-corrected chi connectivity index (χ3v) is 5.69. The average Bonchev–Trinajstić information content (AvgIpc) is 3.19. The number of fused-ring (bicyclic) bond motifs is 1. The van der Waals surface area contributed by atoms with Gasteiger partial charge in [0.2, 0.25) is 5.91 Å². The Morgan fingerprint density at radius 2 is 2.10 bits per heavy atom. The molecule has 7 heteroatoms. The molecule has 0 saturated carbocycles. The highest BCUT2D eigenvalue weighted by molar-refractivity contribution is 5.83. The van der Waals surface area contributed by atoms with E-state index in [2.05, 4.69) is 38.6 Å². The number of benzene rings is 1. The van der Waals surface area contributed by atoms with Crippen molar-refractivity contribution in [2.45, 2.75) is 45.3 Å². The van der Waals surface area contributed by atoms with Gasteiger partial charge < -0.3 is 9.88 Å². The Morgan fingerprint density at radius 3 is 2.84 bits per heavy atom. The second kappa shape index (κ2) is 9.39. The summed E-state index contributed by atoms with van der Waals surface area (Å²) < 4.78 is 15.5. The molecule has 1 aliphatic heterocycles. The van der Waals surface area contributed by atoms with Gasteiger partial charge in [0.15, 0.2) is 0 Å². The molecule has 0 fully saturated rings. The lowest BCUT2D eigenvalue weighted by Gasteiger charge is -2.35. The van der Waals surface area contributed by atoms with E-state index in [9.17, 15) is 9.18 Å². The Bertz CT molecular complexity index is 1030. The first kappa shape index (κ1) is 21.2. The minimum atomic E-state index is -0.429. The van der Waals surface area contributed by atoms with Gasteiger partial charge in [0.1, 0.15) is 11.9 Å². The first-order valence-corrected chi connectivity index (χ1v) is 10.7. The van der Waals surface area contributed by atoms with E-state index >= 15 is 0 Å². The van der Waals surface area contributed by atoms with Crippen molar-refractivity contribution in [3.8, 4) is 0 Å². The SMILES string of the molecule is CC(C)n1cnc2c1[C@H](C(=O)NCCc1cccc(F)c1)N(Cc1cccnc1)CC2. The zero-order chi connectivity index (χ0) is 21.8. The van der Waals surface area contributed by atoms with Crippen LogP contribution in [-0.4, -0.2) is 38.4 Å². The number of carbonyl (C=O) groups excluding carboxylic acids is 1. The van der Waals surface area contributed by atoms with Gasteiger partial charge >= 0.3 is 0 Å². The third-order valence-electron chi connectivity index (χ3n) is 5.69. The Morgan fingerprint density at radius 1 is 1.26 bits per heavy atom. The number of imidazole rings is 1. The highest BCUT2D eigenvalue weighted by atomic mass is 19.1. The molecule has 4 rings (SSSR count). The monoisotopic (exact) mass is 421 g/mol. The number of nitrogens with zero attached hydrogens (tertiary/aromatic N) is 4. The lowest BCUT2D eigenvalue weighted by molar-refractivity contribution is -0.127. The van der Waals surface area contributed by atoms with Crippen molar-refractivity contribution in [2.75, 3.05) is 13.1 Å². The first-order chi connectivity index (χ1) is 15.0. The van der Waals surface area contributed by atoms with Gasteiger partial charge in [0, 0.05) is 44.5 Å². The largest absolute Gasteiger partial charge is 0.354 e. The van der Waals surface area contributed by atoms with Gasteiger partial charge in [0.05, 0.1) is 17.7 Å². The lowest BCUT2D eigenvalue weighted by atomic mass is 10.00. The molecular formula is C24H28FN5O. The first-order valence-electron chi connectivity index (χ1n) is 10.7. The van der Waals surface area contributed by atoms with Crippen LogP contribution in [0.25, 0.3) is 0 Å². The fourth-order valence-electron chi connectivity index (χ4n) is 4.17. The summed E-state index contributed by atoms with van der Waals surface area (Å²) in [6, 6.07) is 10.2. The Labute approximate surface area is 182 Å². The standard InChI is InChI=1S/C24H28FN5O/c1-17(2)30-16-28-21-9-12-29(15-19-6-4-10-26-14-19)23(22(21)30)24(31)27-11-8-18-5-3-7-20(25)13-18/h3-7,10,13-14,16-17,23H,8-9,11-12,15H2,1-2H3,(H,27,31)/t23-/m1/s1. The molecule has 6 nitrogen and oxygen atoms in total. The highest BCUT2D eigenvalue weighted by Crippen LogP contribution is 2.32. The summed E-state index contributed by atoms with van der Waals surface area (Å²) in [5, 5.41) is 3.07. The van der Waals surface area contributed by atoms with Gasteiger partial charge in [-0.15, -0.1) is 0 Å². The summed E-state index contributed by atoms with van der Waals surface area (Å²) in [7, 11) is 0. The zero-order valence-electron chi connectivity index (χ0n) is 18.0. The predicted octanol–water partition coefficient (Wildman–Crippen LogP) is 3.46. The van der Waals surface area contributed by atoms with Crippen LogP contribution in [0.2, 0.25) is 0 Å². The molecule has 0 radical (unpaired) electrons. The normalized spacial score (nSPS) is 16.3. The lowest BCUT2D eigenvalue weighted by Crippen LogP contribution is -2.45. The summed E-state index contributed by atoms with van der Waals surface area (Å²) in [4.78, 5) is 24.4. The van der Waals surface area contributed by atoms with Crippen LogP contribution < -0.4 is 5.32 Å². The van der Waals surface area contributed by atoms with E-state index in [4.69, 9.17) is 0 Å². The number of pyridine rings is 1. The number of amides is 1. The van der Waals surface area contributed by atoms with Gasteiger partial charge in [-0.05, 0) is 49.6 Å². The molecule has 0 spiro atoms. The number of rotatable bonds is 7. The van der Waals surface area contributed by atoms with Gasteiger partial charge in [0.25, 0.3) is 0 Å². The fraction of sp³-hybridized carbons (Fsp3) is 0.375. The maximum absolute atomic E-state index is 13.4. The van der Waals surface area contributed by atoms with E-state index in [1.54, 1.807) is 12.3 Å². The minimum absolute atomic E-state index is 0.0522. The van der Waals surface area contributed by atoms with Crippen LogP contribution in [0.15, 0.2) is 55.1 Å². The van der Waals surface area contributed by atoms with E-state index in [0.717, 1.165) is 35.5 Å². The highest BCUT2D eigenvalue weighted by Gasteiger charge is 2.36. The van der Waals surface area contributed by atoms with Crippen molar-refractivity contribution in [1.82, 2.24) is 24.8 Å². The quantitative estimate of drug-likeness (QED) is 0.635. The van der Waals surface area contributed by atoms with Crippen LogP contribution in [0, 0.1) is 5.82 Å². The summed E-state index contributed by atoms with van der Waals surface area (Å²) in [6.45, 7) is 6.03. The third kappa shape index (κ3) is 4.82. The molecule has 0 bridgehead atoms. The number of carbonyl (C=O) groups is 1. The fourth-order valence-corrected chi connectivity index (χ4v) is 4.17. The van der Waals surface area contributed by atoms with Crippen molar-refractivity contribution in [3.63, 3.8) is 0 Å². The van der Waals surface area contributed by atoms with E-state index in [0.29, 0.717) is 19.5 Å². The summed E-state index contributed by atoms with van der Waals surface area (Å²) in [5.41, 5.74) is 3.89. The van der Waals surface area contributed by atoms with E-state index in [-0.39, 0.29) is 17.8 Å². The Balaban J connectivity index is 1.55. The van der Waals surface area contributed by atoms with Crippen LogP contribution in [0.1, 0.15) is 48.4 Å². The molecule has 0 unspecified atom stereocenters.